The van der Waals surface area contributed by atoms with Crippen molar-refractivity contribution in [1.82, 2.24) is 49.6 Å². The maximum atomic E-state index is 12.6. The molecule has 3 fully saturated rings. The number of carbonyl (C=O) groups is 3. The first kappa shape index (κ1) is 60.8. The zero-order valence-corrected chi connectivity index (χ0v) is 47.3. The fourth-order valence-electron chi connectivity index (χ4n) is 8.46. The van der Waals surface area contributed by atoms with Crippen LogP contribution in [0.25, 0.3) is 33.8 Å². The molecule has 0 unspecified atom stereocenters. The van der Waals surface area contributed by atoms with Crippen LogP contribution in [0.1, 0.15) is 37.0 Å². The minimum atomic E-state index is -1.10. The van der Waals surface area contributed by atoms with E-state index in [4.69, 9.17) is 73.1 Å². The van der Waals surface area contributed by atoms with E-state index < -0.39 is 11.9 Å². The molecule has 21 nitrogen and oxygen atoms in total. The fraction of sp³-hybridized carbons (Fsp3) is 0.345. The molecule has 0 amide bonds. The number of hydrogen-bond acceptors (Lipinski definition) is 20. The highest BCUT2D eigenvalue weighted by Gasteiger charge is 2.18. The minimum absolute atomic E-state index is 0.0604. The number of benzene rings is 3. The third-order valence-electron chi connectivity index (χ3n) is 13.0. The predicted octanol–water partition coefficient (Wildman–Crippen LogP) is 7.83. The van der Waals surface area contributed by atoms with Gasteiger partial charge in [-0.15, -0.1) is 0 Å². The Balaban J connectivity index is 0.000000162. The van der Waals surface area contributed by atoms with E-state index >= 15 is 0 Å². The van der Waals surface area contributed by atoms with Gasteiger partial charge in [0.05, 0.1) is 78.9 Å². The first-order valence-electron chi connectivity index (χ1n) is 26.4. The molecule has 3 aliphatic heterocycles. The summed E-state index contributed by atoms with van der Waals surface area (Å²) in [5.41, 5.74) is 5.38. The summed E-state index contributed by atoms with van der Waals surface area (Å²) < 4.78 is 38.3. The van der Waals surface area contributed by atoms with Crippen molar-refractivity contribution in [2.45, 2.75) is 6.42 Å². The van der Waals surface area contributed by atoms with Gasteiger partial charge in [0, 0.05) is 94.4 Å². The van der Waals surface area contributed by atoms with Crippen molar-refractivity contribution in [3.05, 3.63) is 154 Å². The Labute approximate surface area is 489 Å². The normalized spacial score (nSPS) is 14.7. The molecule has 3 saturated heterocycles. The van der Waals surface area contributed by atoms with E-state index in [9.17, 15) is 14.4 Å². The predicted molar refractivity (Wildman–Crippen MR) is 306 cm³/mol. The van der Waals surface area contributed by atoms with Crippen LogP contribution in [0.3, 0.4) is 0 Å². The van der Waals surface area contributed by atoms with E-state index in [1.54, 1.807) is 54.9 Å². The number of carboxylic acid groups (broad SMARTS) is 1. The summed E-state index contributed by atoms with van der Waals surface area (Å²) in [4.78, 5) is 70.7. The second-order valence-electron chi connectivity index (χ2n) is 18.5. The van der Waals surface area contributed by atoms with Crippen LogP contribution in [0, 0.1) is 0 Å². The largest absolute Gasteiger partial charge is 0.491 e. The highest BCUT2D eigenvalue weighted by atomic mass is 35.5. The number of ketones is 1. The van der Waals surface area contributed by atoms with Gasteiger partial charge in [-0.05, 0) is 66.2 Å². The summed E-state index contributed by atoms with van der Waals surface area (Å²) in [5, 5.41) is 10.6. The third kappa shape index (κ3) is 18.6. The Morgan fingerprint density at radius 2 is 0.915 bits per heavy atom. The number of carbonyl (C=O) groups excluding carboxylic acids is 2. The van der Waals surface area contributed by atoms with E-state index in [-0.39, 0.29) is 23.6 Å². The van der Waals surface area contributed by atoms with Gasteiger partial charge in [-0.1, -0.05) is 59.1 Å². The van der Waals surface area contributed by atoms with Gasteiger partial charge < -0.3 is 38.3 Å². The standard InChI is InChI=1S/C23H23ClN4O3.C18H20ClN3O4.C17H18ClN3O4/c24-19-4-3-18(13-23(19)31-11-8-28-6-9-30-10-7-28)20-14-21(27-16-26-20)22(29)12-17-2-1-5-25-15-17;1-24-18(23)16-11-15(20-12-21-16)13-2-3-14(19)17(10-13)26-9-6-22-4-7-25-8-5-22;18-13-2-1-12(14-10-15(17(22)23)20-11-19-14)9-16(13)25-8-5-21-3-6-24-7-4-21/h1-5,13-16H,6-12H2;2-3,10-12H,4-9H2,1H3;1-2,9-11H,3-8H2,(H,22,23). The van der Waals surface area contributed by atoms with Crippen LogP contribution in [0.5, 0.6) is 17.2 Å². The number of carboxylic acids is 1. The summed E-state index contributed by atoms with van der Waals surface area (Å²) in [6.07, 6.45) is 7.55. The third-order valence-corrected chi connectivity index (χ3v) is 13.9. The number of methoxy groups -OCH3 is 1. The van der Waals surface area contributed by atoms with Gasteiger partial charge in [0.2, 0.25) is 0 Å². The van der Waals surface area contributed by atoms with Crippen LogP contribution in [0.2, 0.25) is 15.1 Å². The van der Waals surface area contributed by atoms with Crippen LogP contribution in [-0.4, -0.2) is 198 Å². The van der Waals surface area contributed by atoms with Crippen molar-refractivity contribution in [1.29, 1.82) is 0 Å². The number of morpholine rings is 3. The van der Waals surface area contributed by atoms with Gasteiger partial charge in [0.25, 0.3) is 0 Å². The van der Waals surface area contributed by atoms with Crippen LogP contribution < -0.4 is 14.2 Å². The lowest BCUT2D eigenvalue weighted by atomic mass is 10.1. The molecule has 0 atom stereocenters. The molecule has 430 valence electrons. The number of esters is 1. The van der Waals surface area contributed by atoms with Crippen LogP contribution in [0.4, 0.5) is 0 Å². The topological polar surface area (TPSA) is 236 Å². The maximum absolute atomic E-state index is 12.6. The van der Waals surface area contributed by atoms with E-state index in [2.05, 4.69) is 49.6 Å². The smallest absolute Gasteiger partial charge is 0.356 e. The molecule has 0 spiro atoms. The van der Waals surface area contributed by atoms with Crippen LogP contribution >= 0.6 is 34.8 Å². The van der Waals surface area contributed by atoms with Gasteiger partial charge in [-0.3, -0.25) is 24.5 Å². The summed E-state index contributed by atoms with van der Waals surface area (Å²) in [6, 6.07) is 24.5. The first-order valence-corrected chi connectivity index (χ1v) is 27.5. The van der Waals surface area contributed by atoms with Crippen molar-refractivity contribution >= 4 is 52.5 Å². The minimum Gasteiger partial charge on any atom is -0.491 e. The molecule has 3 aromatic carbocycles. The highest BCUT2D eigenvalue weighted by molar-refractivity contribution is 6.32. The molecular weight excluding hydrogens is 1120 g/mol. The van der Waals surface area contributed by atoms with Crippen molar-refractivity contribution < 1.29 is 52.6 Å². The molecule has 0 radical (unpaired) electrons. The quantitative estimate of drug-likeness (QED) is 0.0565. The number of aromatic nitrogens is 7. The Kier molecular flexibility index (Phi) is 23.6. The summed E-state index contributed by atoms with van der Waals surface area (Å²) in [6.45, 7) is 13.9. The lowest BCUT2D eigenvalue weighted by Gasteiger charge is -2.26. The van der Waals surface area contributed by atoms with Gasteiger partial charge in [-0.25, -0.2) is 39.5 Å². The van der Waals surface area contributed by atoms with E-state index in [1.807, 2.05) is 36.4 Å². The molecular formula is C58H61Cl3N10O11. The molecule has 0 aliphatic carbocycles. The van der Waals surface area contributed by atoms with E-state index in [0.29, 0.717) is 74.9 Å². The van der Waals surface area contributed by atoms with Gasteiger partial charge >= 0.3 is 11.9 Å². The zero-order chi connectivity index (χ0) is 57.5. The van der Waals surface area contributed by atoms with Gasteiger partial charge in [-0.2, -0.15) is 0 Å². The highest BCUT2D eigenvalue weighted by Crippen LogP contribution is 2.33. The number of hydrogen-bond donors (Lipinski definition) is 1. The molecule has 7 heterocycles. The molecule has 82 heavy (non-hydrogen) atoms. The molecule has 0 bridgehead atoms. The van der Waals surface area contributed by atoms with Crippen molar-refractivity contribution in [3.63, 3.8) is 0 Å². The Hall–Kier alpha value is -7.31. The lowest BCUT2D eigenvalue weighted by molar-refractivity contribution is 0.0322. The Morgan fingerprint density at radius 1 is 0.524 bits per heavy atom. The van der Waals surface area contributed by atoms with Gasteiger partial charge in [0.1, 0.15) is 61.7 Å². The molecule has 24 heteroatoms. The van der Waals surface area contributed by atoms with E-state index in [1.165, 1.54) is 32.2 Å². The number of ether oxygens (including phenoxy) is 7. The number of halogens is 3. The van der Waals surface area contributed by atoms with Crippen molar-refractivity contribution in [3.8, 4) is 51.0 Å². The van der Waals surface area contributed by atoms with E-state index in [0.717, 1.165) is 121 Å². The number of nitrogens with zero attached hydrogens (tertiary/aromatic N) is 10. The zero-order valence-electron chi connectivity index (χ0n) is 45.0. The lowest BCUT2D eigenvalue weighted by Crippen LogP contribution is -2.38. The Morgan fingerprint density at radius 3 is 1.30 bits per heavy atom. The monoisotopic (exact) mass is 1180 g/mol. The number of aromatic carboxylic acids is 1. The van der Waals surface area contributed by atoms with Gasteiger partial charge in [0.15, 0.2) is 17.2 Å². The number of rotatable bonds is 20. The number of pyridine rings is 1. The fourth-order valence-corrected chi connectivity index (χ4v) is 8.97. The van der Waals surface area contributed by atoms with Crippen LogP contribution in [-0.2, 0) is 25.4 Å². The Bertz CT molecular complexity index is 3210. The van der Waals surface area contributed by atoms with Crippen LogP contribution in [0.15, 0.2) is 116 Å². The second-order valence-corrected chi connectivity index (χ2v) is 19.7. The maximum Gasteiger partial charge on any atom is 0.356 e. The second kappa shape index (κ2) is 31.8. The average molecular weight is 1180 g/mol. The summed E-state index contributed by atoms with van der Waals surface area (Å²) in [5.74, 6) is 0.0182. The van der Waals surface area contributed by atoms with Crippen molar-refractivity contribution in [2.24, 2.45) is 0 Å². The SMILES string of the molecule is COC(=O)c1cc(-c2ccc(Cl)c(OCCN3CCOCC3)c2)ncn1.O=C(Cc1cccnc1)c1cc(-c2ccc(Cl)c(OCCN3CCOCC3)c2)ncn1.O=C(O)c1cc(-c2ccc(Cl)c(OCCN3CCOCC3)c2)ncn1. The first-order chi connectivity index (χ1) is 40.0. The molecule has 10 rings (SSSR count). The molecule has 0 saturated carbocycles. The summed E-state index contributed by atoms with van der Waals surface area (Å²) >= 11 is 18.8. The molecule has 1 N–H and O–H groups in total. The molecule has 7 aromatic rings. The number of Topliss-reactive ketones (excluding diaryl/α,β-unsaturated/α-hetero) is 1. The summed E-state index contributed by atoms with van der Waals surface area (Å²) in [7, 11) is 1.31. The molecule has 4 aromatic heterocycles. The average Bonchev–Trinajstić information content (AvgIpc) is 3.55. The van der Waals surface area contributed by atoms with Crippen molar-refractivity contribution in [2.75, 3.05) is 125 Å². The molecule has 3 aliphatic rings.